The molecule has 0 atom stereocenters. The molecule has 82 valence electrons. The van der Waals surface area contributed by atoms with E-state index in [4.69, 9.17) is 10.5 Å². The third-order valence-corrected chi connectivity index (χ3v) is 2.35. The number of aromatic amines is 1. The van der Waals surface area contributed by atoms with Crippen LogP contribution in [0.25, 0.3) is 0 Å². The molecule has 0 bridgehead atoms. The smallest absolute Gasteiger partial charge is 0.214 e. The number of anilines is 1. The molecule has 0 fully saturated rings. The van der Waals surface area contributed by atoms with Crippen LogP contribution in [-0.4, -0.2) is 17.9 Å². The summed E-state index contributed by atoms with van der Waals surface area (Å²) in [7, 11) is 1.51. The highest BCUT2D eigenvalue weighted by molar-refractivity contribution is 6.12. The number of carbonyl (C=O) groups excluding carboxylic acids is 1. The third-order valence-electron chi connectivity index (χ3n) is 2.35. The predicted molar refractivity (Wildman–Crippen MR) is 61.6 cm³/mol. The van der Waals surface area contributed by atoms with Crippen molar-refractivity contribution in [1.82, 2.24) is 4.98 Å². The van der Waals surface area contributed by atoms with Crippen molar-refractivity contribution >= 4 is 11.5 Å². The monoisotopic (exact) mass is 216 g/mol. The van der Waals surface area contributed by atoms with Gasteiger partial charge in [0.1, 0.15) is 5.75 Å². The molecule has 0 unspecified atom stereocenters. The molecular weight excluding hydrogens is 204 g/mol. The molecule has 0 aliphatic rings. The van der Waals surface area contributed by atoms with Gasteiger partial charge in [0.2, 0.25) is 5.78 Å². The number of hydrogen-bond donors (Lipinski definition) is 2. The Kier molecular flexibility index (Phi) is 2.64. The Morgan fingerprint density at radius 2 is 2.12 bits per heavy atom. The molecule has 1 heterocycles. The summed E-state index contributed by atoms with van der Waals surface area (Å²) in [6, 6.07) is 8.61. The number of methoxy groups -OCH3 is 1. The highest BCUT2D eigenvalue weighted by Crippen LogP contribution is 2.26. The fourth-order valence-corrected chi connectivity index (χ4v) is 1.57. The Bertz CT molecular complexity index is 504. The zero-order valence-electron chi connectivity index (χ0n) is 8.86. The minimum atomic E-state index is -0.167. The molecule has 0 aliphatic heterocycles. The molecule has 0 saturated carbocycles. The first-order chi connectivity index (χ1) is 7.74. The summed E-state index contributed by atoms with van der Waals surface area (Å²) in [5, 5.41) is 0. The molecule has 0 radical (unpaired) electrons. The maximum Gasteiger partial charge on any atom is 0.214 e. The van der Waals surface area contributed by atoms with Crippen molar-refractivity contribution in [2.45, 2.75) is 0 Å². The highest BCUT2D eigenvalue weighted by atomic mass is 16.5. The molecular formula is C12H12N2O2. The van der Waals surface area contributed by atoms with Crippen molar-refractivity contribution in [2.75, 3.05) is 12.8 Å². The zero-order valence-corrected chi connectivity index (χ0v) is 8.86. The van der Waals surface area contributed by atoms with E-state index in [1.165, 1.54) is 7.11 Å². The van der Waals surface area contributed by atoms with Crippen LogP contribution >= 0.6 is 0 Å². The number of benzene rings is 1. The quantitative estimate of drug-likeness (QED) is 0.607. The van der Waals surface area contributed by atoms with Crippen LogP contribution in [0.3, 0.4) is 0 Å². The van der Waals surface area contributed by atoms with Gasteiger partial charge in [0, 0.05) is 11.9 Å². The van der Waals surface area contributed by atoms with E-state index in [0.717, 1.165) is 0 Å². The average Bonchev–Trinajstić information content (AvgIpc) is 2.81. The van der Waals surface area contributed by atoms with Gasteiger partial charge in [-0.15, -0.1) is 0 Å². The van der Waals surface area contributed by atoms with Gasteiger partial charge in [-0.2, -0.15) is 0 Å². The van der Waals surface area contributed by atoms with E-state index >= 15 is 0 Å². The van der Waals surface area contributed by atoms with Crippen LogP contribution in [0.15, 0.2) is 36.5 Å². The maximum atomic E-state index is 12.1. The van der Waals surface area contributed by atoms with Crippen molar-refractivity contribution in [2.24, 2.45) is 0 Å². The Hall–Kier alpha value is -2.23. The van der Waals surface area contributed by atoms with Crippen molar-refractivity contribution in [1.29, 1.82) is 0 Å². The fourth-order valence-electron chi connectivity index (χ4n) is 1.57. The Morgan fingerprint density at radius 3 is 2.75 bits per heavy atom. The molecule has 0 aliphatic carbocycles. The van der Waals surface area contributed by atoms with Crippen LogP contribution in [0.1, 0.15) is 16.1 Å². The molecule has 4 nitrogen and oxygen atoms in total. The first-order valence-electron chi connectivity index (χ1n) is 4.84. The van der Waals surface area contributed by atoms with Crippen molar-refractivity contribution in [3.05, 3.63) is 47.8 Å². The minimum Gasteiger partial charge on any atom is -0.496 e. The first-order valence-corrected chi connectivity index (χ1v) is 4.84. The first kappa shape index (κ1) is 10.3. The number of nitrogens with two attached hydrogens (primary N) is 1. The standard InChI is InChI=1S/C12H12N2O2/c1-16-10-6-2-4-8(13)11(10)12(15)9-5-3-7-14-9/h2-7,14H,13H2,1H3. The number of nitrogens with one attached hydrogen (secondary N) is 1. The van der Waals surface area contributed by atoms with Gasteiger partial charge in [0.15, 0.2) is 0 Å². The van der Waals surface area contributed by atoms with Gasteiger partial charge in [0.05, 0.1) is 18.4 Å². The molecule has 16 heavy (non-hydrogen) atoms. The maximum absolute atomic E-state index is 12.1. The van der Waals surface area contributed by atoms with E-state index in [9.17, 15) is 4.79 Å². The number of rotatable bonds is 3. The normalized spacial score (nSPS) is 10.1. The van der Waals surface area contributed by atoms with Gasteiger partial charge in [-0.05, 0) is 24.3 Å². The lowest BCUT2D eigenvalue weighted by Gasteiger charge is -2.09. The van der Waals surface area contributed by atoms with Gasteiger partial charge >= 0.3 is 0 Å². The molecule has 2 rings (SSSR count). The van der Waals surface area contributed by atoms with Crippen LogP contribution < -0.4 is 10.5 Å². The van der Waals surface area contributed by atoms with Crippen LogP contribution in [-0.2, 0) is 0 Å². The summed E-state index contributed by atoms with van der Waals surface area (Å²) in [6.07, 6.45) is 1.69. The summed E-state index contributed by atoms with van der Waals surface area (Å²) < 4.78 is 5.13. The second kappa shape index (κ2) is 4.10. The van der Waals surface area contributed by atoms with E-state index in [1.807, 2.05) is 0 Å². The van der Waals surface area contributed by atoms with E-state index < -0.39 is 0 Å². The van der Waals surface area contributed by atoms with E-state index in [2.05, 4.69) is 4.98 Å². The van der Waals surface area contributed by atoms with E-state index in [0.29, 0.717) is 22.7 Å². The van der Waals surface area contributed by atoms with Crippen LogP contribution in [0.5, 0.6) is 5.75 Å². The largest absolute Gasteiger partial charge is 0.496 e. The molecule has 0 spiro atoms. The van der Waals surface area contributed by atoms with Gasteiger partial charge < -0.3 is 15.5 Å². The van der Waals surface area contributed by atoms with Gasteiger partial charge in [-0.25, -0.2) is 0 Å². The lowest BCUT2D eigenvalue weighted by atomic mass is 10.1. The lowest BCUT2D eigenvalue weighted by molar-refractivity contribution is 0.103. The van der Waals surface area contributed by atoms with Gasteiger partial charge in [-0.3, -0.25) is 4.79 Å². The SMILES string of the molecule is COc1cccc(N)c1C(=O)c1ccc[nH]1. The summed E-state index contributed by atoms with van der Waals surface area (Å²) in [4.78, 5) is 15.0. The molecule has 1 aromatic carbocycles. The van der Waals surface area contributed by atoms with Crippen LogP contribution in [0.4, 0.5) is 5.69 Å². The van der Waals surface area contributed by atoms with Crippen molar-refractivity contribution in [3.63, 3.8) is 0 Å². The predicted octanol–water partition coefficient (Wildman–Crippen LogP) is 1.84. The number of aromatic nitrogens is 1. The topological polar surface area (TPSA) is 68.1 Å². The molecule has 0 amide bonds. The van der Waals surface area contributed by atoms with E-state index in [-0.39, 0.29) is 5.78 Å². The highest BCUT2D eigenvalue weighted by Gasteiger charge is 2.17. The van der Waals surface area contributed by atoms with Crippen molar-refractivity contribution < 1.29 is 9.53 Å². The fraction of sp³-hybridized carbons (Fsp3) is 0.0833. The summed E-state index contributed by atoms with van der Waals surface area (Å²) in [6.45, 7) is 0. The molecule has 1 aromatic heterocycles. The van der Waals surface area contributed by atoms with Crippen LogP contribution in [0.2, 0.25) is 0 Å². The average molecular weight is 216 g/mol. The number of carbonyl (C=O) groups is 1. The molecule has 2 aromatic rings. The number of hydrogen-bond acceptors (Lipinski definition) is 3. The van der Waals surface area contributed by atoms with Crippen LogP contribution in [0, 0.1) is 0 Å². The number of ketones is 1. The Labute approximate surface area is 93.0 Å². The van der Waals surface area contributed by atoms with Crippen molar-refractivity contribution in [3.8, 4) is 5.75 Å². The molecule has 3 N–H and O–H groups in total. The number of ether oxygens (including phenoxy) is 1. The summed E-state index contributed by atoms with van der Waals surface area (Å²) >= 11 is 0. The zero-order chi connectivity index (χ0) is 11.5. The second-order valence-corrected chi connectivity index (χ2v) is 3.34. The lowest BCUT2D eigenvalue weighted by Crippen LogP contribution is -2.07. The van der Waals surface area contributed by atoms with E-state index in [1.54, 1.807) is 36.5 Å². The summed E-state index contributed by atoms with van der Waals surface area (Å²) in [5.41, 5.74) is 7.10. The number of nitrogen functional groups attached to an aromatic ring is 1. The third kappa shape index (κ3) is 1.65. The Balaban J connectivity index is 2.51. The molecule has 0 saturated heterocycles. The second-order valence-electron chi connectivity index (χ2n) is 3.34. The van der Waals surface area contributed by atoms with Gasteiger partial charge in [-0.1, -0.05) is 6.07 Å². The molecule has 4 heteroatoms. The summed E-state index contributed by atoms with van der Waals surface area (Å²) in [5.74, 6) is 0.319. The Morgan fingerprint density at radius 1 is 1.31 bits per heavy atom. The van der Waals surface area contributed by atoms with Gasteiger partial charge in [0.25, 0.3) is 0 Å². The minimum absolute atomic E-state index is 0.167. The number of H-pyrrole nitrogens is 1.